The summed E-state index contributed by atoms with van der Waals surface area (Å²) >= 11 is 0. The van der Waals surface area contributed by atoms with Gasteiger partial charge in [-0.05, 0) is 51.1 Å². The van der Waals surface area contributed by atoms with Crippen LogP contribution >= 0.6 is 0 Å². The van der Waals surface area contributed by atoms with Crippen LogP contribution in [0.3, 0.4) is 0 Å². The van der Waals surface area contributed by atoms with E-state index in [1.807, 2.05) is 25.1 Å². The molecule has 5 nitrogen and oxygen atoms in total. The lowest BCUT2D eigenvalue weighted by Crippen LogP contribution is -2.38. The smallest absolute Gasteiger partial charge is 0.233 e. The molecule has 0 saturated carbocycles. The first-order chi connectivity index (χ1) is 10.6. The summed E-state index contributed by atoms with van der Waals surface area (Å²) in [6, 6.07) is 9.04. The Balaban J connectivity index is 1.79. The van der Waals surface area contributed by atoms with Crippen molar-refractivity contribution in [3.8, 4) is 22.9 Å². The van der Waals surface area contributed by atoms with Gasteiger partial charge in [0.15, 0.2) is 0 Å². The molecule has 0 amide bonds. The number of aromatic nitrogens is 2. The van der Waals surface area contributed by atoms with E-state index in [4.69, 9.17) is 4.74 Å². The highest BCUT2D eigenvalue weighted by Crippen LogP contribution is 2.30. The van der Waals surface area contributed by atoms with Crippen molar-refractivity contribution in [3.05, 3.63) is 35.9 Å². The summed E-state index contributed by atoms with van der Waals surface area (Å²) in [6.07, 6.45) is 2.36. The minimum atomic E-state index is 0.170. The number of aromatic hydroxyl groups is 1. The topological polar surface area (TPSA) is 58.5 Å². The second-order valence-corrected chi connectivity index (χ2v) is 5.88. The molecule has 0 spiro atoms. The average Bonchev–Trinajstić information content (AvgIpc) is 2.49. The molecule has 3 rings (SSSR count). The number of likely N-dealkylation sites (N-methyl/N-ethyl adjacent to an activating group) is 1. The lowest BCUT2D eigenvalue weighted by atomic mass is 10.1. The minimum Gasteiger partial charge on any atom is -0.507 e. The lowest BCUT2D eigenvalue weighted by Gasteiger charge is -2.29. The molecule has 1 saturated heterocycles. The van der Waals surface area contributed by atoms with Gasteiger partial charge in [-0.1, -0.05) is 12.1 Å². The number of likely N-dealkylation sites (tertiary alicyclic amines) is 1. The van der Waals surface area contributed by atoms with Crippen molar-refractivity contribution < 1.29 is 9.84 Å². The van der Waals surface area contributed by atoms with Crippen LogP contribution in [0.4, 0.5) is 0 Å². The molecule has 2 heterocycles. The predicted octanol–water partition coefficient (Wildman–Crippen LogP) is 2.63. The quantitative estimate of drug-likeness (QED) is 0.944. The van der Waals surface area contributed by atoms with Crippen LogP contribution in [-0.2, 0) is 0 Å². The Bertz CT molecular complexity index is 660. The van der Waals surface area contributed by atoms with Gasteiger partial charge in [0.1, 0.15) is 11.9 Å². The van der Waals surface area contributed by atoms with Gasteiger partial charge in [-0.25, -0.2) is 0 Å². The summed E-state index contributed by atoms with van der Waals surface area (Å²) in [6.45, 7) is 4.00. The first-order valence-corrected chi connectivity index (χ1v) is 7.61. The molecular weight excluding hydrogens is 278 g/mol. The standard InChI is InChI=1S/C17H21N3O2/c1-12-10-16(22-13-6-5-9-20(2)11-13)18-19-17(12)14-7-3-4-8-15(14)21/h3-4,7-8,10,13,21H,5-6,9,11H2,1-2H3/t13-/m1/s1. The highest BCUT2D eigenvalue weighted by atomic mass is 16.5. The molecule has 2 aromatic rings. The highest BCUT2D eigenvalue weighted by Gasteiger charge is 2.19. The van der Waals surface area contributed by atoms with E-state index in [0.717, 1.165) is 31.5 Å². The summed E-state index contributed by atoms with van der Waals surface area (Å²) in [5.74, 6) is 0.763. The molecule has 5 heteroatoms. The Kier molecular flexibility index (Phi) is 4.24. The van der Waals surface area contributed by atoms with Gasteiger partial charge in [0.2, 0.25) is 5.88 Å². The number of phenols is 1. The van der Waals surface area contributed by atoms with Crippen molar-refractivity contribution in [2.24, 2.45) is 0 Å². The number of phenolic OH excluding ortho intramolecular Hbond substituents is 1. The van der Waals surface area contributed by atoms with Gasteiger partial charge in [-0.2, -0.15) is 0 Å². The zero-order valence-electron chi connectivity index (χ0n) is 13.0. The molecule has 1 atom stereocenters. The molecule has 1 aromatic carbocycles. The number of benzene rings is 1. The van der Waals surface area contributed by atoms with Gasteiger partial charge in [0, 0.05) is 18.2 Å². The average molecular weight is 299 g/mol. The van der Waals surface area contributed by atoms with Crippen LogP contribution in [-0.4, -0.2) is 46.4 Å². The monoisotopic (exact) mass is 299 g/mol. The van der Waals surface area contributed by atoms with Crippen molar-refractivity contribution in [2.45, 2.75) is 25.9 Å². The molecule has 1 aromatic heterocycles. The Hall–Kier alpha value is -2.14. The molecule has 1 aliphatic rings. The number of hydrogen-bond donors (Lipinski definition) is 1. The van der Waals surface area contributed by atoms with Crippen molar-refractivity contribution in [1.29, 1.82) is 0 Å². The van der Waals surface area contributed by atoms with Crippen LogP contribution in [0.25, 0.3) is 11.3 Å². The van der Waals surface area contributed by atoms with E-state index in [2.05, 4.69) is 22.1 Å². The fraction of sp³-hybridized carbons (Fsp3) is 0.412. The zero-order valence-corrected chi connectivity index (χ0v) is 13.0. The van der Waals surface area contributed by atoms with Crippen molar-refractivity contribution in [2.75, 3.05) is 20.1 Å². The summed E-state index contributed by atoms with van der Waals surface area (Å²) in [5.41, 5.74) is 2.32. The number of ether oxygens (including phenoxy) is 1. The Morgan fingerprint density at radius 1 is 1.27 bits per heavy atom. The molecule has 1 N–H and O–H groups in total. The second kappa shape index (κ2) is 6.32. The Morgan fingerprint density at radius 3 is 2.82 bits per heavy atom. The van der Waals surface area contributed by atoms with Crippen molar-refractivity contribution in [1.82, 2.24) is 15.1 Å². The Morgan fingerprint density at radius 2 is 2.09 bits per heavy atom. The van der Waals surface area contributed by atoms with E-state index in [9.17, 15) is 5.11 Å². The maximum absolute atomic E-state index is 9.94. The van der Waals surface area contributed by atoms with E-state index in [0.29, 0.717) is 17.1 Å². The number of nitrogens with zero attached hydrogens (tertiary/aromatic N) is 3. The van der Waals surface area contributed by atoms with E-state index in [1.54, 1.807) is 12.1 Å². The number of hydrogen-bond acceptors (Lipinski definition) is 5. The Labute approximate surface area is 130 Å². The normalized spacial score (nSPS) is 19.1. The van der Waals surface area contributed by atoms with Crippen molar-refractivity contribution in [3.63, 3.8) is 0 Å². The van der Waals surface area contributed by atoms with Crippen LogP contribution in [0, 0.1) is 6.92 Å². The van der Waals surface area contributed by atoms with E-state index < -0.39 is 0 Å². The van der Waals surface area contributed by atoms with Crippen molar-refractivity contribution >= 4 is 0 Å². The maximum Gasteiger partial charge on any atom is 0.233 e. The number of aryl methyl sites for hydroxylation is 1. The molecule has 0 unspecified atom stereocenters. The molecule has 1 fully saturated rings. The van der Waals surface area contributed by atoms with Crippen LogP contribution in [0.2, 0.25) is 0 Å². The molecule has 0 radical (unpaired) electrons. The van der Waals surface area contributed by atoms with Gasteiger partial charge in [-0.3, -0.25) is 0 Å². The maximum atomic E-state index is 9.94. The largest absolute Gasteiger partial charge is 0.507 e. The molecular formula is C17H21N3O2. The third-order valence-corrected chi connectivity index (χ3v) is 3.99. The summed E-state index contributed by atoms with van der Waals surface area (Å²) < 4.78 is 5.95. The molecule has 0 bridgehead atoms. The van der Waals surface area contributed by atoms with Crippen LogP contribution in [0.1, 0.15) is 18.4 Å². The number of rotatable bonds is 3. The summed E-state index contributed by atoms with van der Waals surface area (Å²) in [7, 11) is 2.10. The zero-order chi connectivity index (χ0) is 15.5. The predicted molar refractivity (Wildman–Crippen MR) is 85.0 cm³/mol. The van der Waals surface area contributed by atoms with Crippen LogP contribution in [0.15, 0.2) is 30.3 Å². The van der Waals surface area contributed by atoms with Gasteiger partial charge >= 0.3 is 0 Å². The first-order valence-electron chi connectivity index (χ1n) is 7.61. The van der Waals surface area contributed by atoms with Gasteiger partial charge in [0.05, 0.1) is 5.69 Å². The van der Waals surface area contributed by atoms with Gasteiger partial charge in [0.25, 0.3) is 0 Å². The highest BCUT2D eigenvalue weighted by molar-refractivity contribution is 5.69. The SMILES string of the molecule is Cc1cc(O[C@@H]2CCCN(C)C2)nnc1-c1ccccc1O. The third kappa shape index (κ3) is 3.20. The fourth-order valence-electron chi connectivity index (χ4n) is 2.84. The number of para-hydroxylation sites is 1. The van der Waals surface area contributed by atoms with Gasteiger partial charge in [-0.15, -0.1) is 10.2 Å². The second-order valence-electron chi connectivity index (χ2n) is 5.88. The van der Waals surface area contributed by atoms with E-state index in [-0.39, 0.29) is 11.9 Å². The minimum absolute atomic E-state index is 0.170. The number of piperidine rings is 1. The van der Waals surface area contributed by atoms with E-state index >= 15 is 0 Å². The van der Waals surface area contributed by atoms with E-state index in [1.165, 1.54) is 0 Å². The molecule has 22 heavy (non-hydrogen) atoms. The summed E-state index contributed by atoms with van der Waals surface area (Å²) in [4.78, 5) is 2.27. The van der Waals surface area contributed by atoms with Gasteiger partial charge < -0.3 is 14.7 Å². The summed E-state index contributed by atoms with van der Waals surface area (Å²) in [5, 5.41) is 18.4. The van der Waals surface area contributed by atoms with Crippen LogP contribution < -0.4 is 4.74 Å². The fourth-order valence-corrected chi connectivity index (χ4v) is 2.84. The van der Waals surface area contributed by atoms with Crippen LogP contribution in [0.5, 0.6) is 11.6 Å². The third-order valence-electron chi connectivity index (χ3n) is 3.99. The molecule has 0 aliphatic carbocycles. The lowest BCUT2D eigenvalue weighted by molar-refractivity contribution is 0.0990. The molecule has 116 valence electrons. The molecule has 1 aliphatic heterocycles. The first kappa shape index (κ1) is 14.8.